The van der Waals surface area contributed by atoms with E-state index in [1.807, 2.05) is 0 Å². The molecule has 0 saturated heterocycles. The summed E-state index contributed by atoms with van der Waals surface area (Å²) in [5.74, 6) is -62.6. The summed E-state index contributed by atoms with van der Waals surface area (Å²) in [6.45, 7) is -2.24. The second-order valence-corrected chi connectivity index (χ2v) is 16.5. The number of aromatic nitrogens is 3. The van der Waals surface area contributed by atoms with Gasteiger partial charge in [-0.3, -0.25) is 33.6 Å². The minimum Gasteiger partial charge on any atom is -0.370 e. The Balaban J connectivity index is 1.56. The van der Waals surface area contributed by atoms with Crippen molar-refractivity contribution in [3.05, 3.63) is 82.6 Å². The van der Waals surface area contributed by atoms with Crippen LogP contribution in [0.15, 0.2) is 65.8 Å². The third-order valence-electron chi connectivity index (χ3n) is 10.4. The Bertz CT molecular complexity index is 2460. The van der Waals surface area contributed by atoms with Crippen LogP contribution >= 0.6 is 11.6 Å². The molecule has 0 bridgehead atoms. The Hall–Kier alpha value is -6.70. The van der Waals surface area contributed by atoms with Crippen molar-refractivity contribution in [3.63, 3.8) is 0 Å². The standard InChI is InChI=1S/C41H43ClF17N11O5/c42-24-10-8-23(9-11-24)18-29(72)66-27(17-22-5-2-1-3-6-22)32(75)67-26(7-4-14-63-33(60)61)31(74)65-20-30(73)64-19-25-21-70(69-68-25)16-15-62-28(71)12-13-34(43,44)35(45,46)36(47,48)37(49,50)38(51,52)39(53,54)40(55,56)41(57,58)59/h1-3,5-6,8-11,21,26-27H,4,7,12-20H2,(H,62,71)(H,64,73)(H,65,74)(H,66,72)(H,67,75)(H4,60,61,63)/t26-,27-/m1/s1. The third-order valence-corrected chi connectivity index (χ3v) is 10.6. The van der Waals surface area contributed by atoms with Gasteiger partial charge in [-0.2, -0.15) is 74.6 Å². The fourth-order valence-electron chi connectivity index (χ4n) is 6.23. The van der Waals surface area contributed by atoms with Gasteiger partial charge in [0.05, 0.1) is 32.3 Å². The number of aliphatic imine (C=N–C) groups is 1. The highest BCUT2D eigenvalue weighted by Gasteiger charge is 2.95. The molecule has 2 atom stereocenters. The van der Waals surface area contributed by atoms with Gasteiger partial charge in [0.2, 0.25) is 29.5 Å². The molecular formula is C41H43ClF17N11O5. The number of amides is 5. The Labute approximate surface area is 416 Å². The number of carbonyl (C=O) groups is 5. The first-order chi connectivity index (χ1) is 34.4. The Morgan fingerprint density at radius 2 is 1.21 bits per heavy atom. The van der Waals surface area contributed by atoms with Crippen molar-refractivity contribution in [3.8, 4) is 0 Å². The van der Waals surface area contributed by atoms with E-state index in [2.05, 4.69) is 36.6 Å². The maximum atomic E-state index is 14.2. The van der Waals surface area contributed by atoms with E-state index in [4.69, 9.17) is 23.1 Å². The molecule has 0 aliphatic rings. The zero-order valence-corrected chi connectivity index (χ0v) is 38.8. The second-order valence-electron chi connectivity index (χ2n) is 16.1. The van der Waals surface area contributed by atoms with Crippen LogP contribution in [0.2, 0.25) is 5.02 Å². The minimum absolute atomic E-state index is 0.00146. The van der Waals surface area contributed by atoms with Gasteiger partial charge in [0.15, 0.2) is 5.96 Å². The third kappa shape index (κ3) is 15.4. The van der Waals surface area contributed by atoms with Gasteiger partial charge in [0, 0.05) is 37.4 Å². The number of nitrogens with one attached hydrogen (secondary N) is 5. The van der Waals surface area contributed by atoms with E-state index in [-0.39, 0.29) is 43.9 Å². The number of nitrogens with zero attached hydrogens (tertiary/aromatic N) is 4. The molecule has 0 spiro atoms. The predicted molar refractivity (Wildman–Crippen MR) is 227 cm³/mol. The molecule has 2 aromatic carbocycles. The molecule has 16 nitrogen and oxygen atoms in total. The van der Waals surface area contributed by atoms with E-state index in [1.54, 1.807) is 59.9 Å². The number of halogens is 18. The van der Waals surface area contributed by atoms with Crippen LogP contribution in [0.5, 0.6) is 0 Å². The predicted octanol–water partition coefficient (Wildman–Crippen LogP) is 5.08. The summed E-state index contributed by atoms with van der Waals surface area (Å²) in [5, 5.41) is 19.3. The van der Waals surface area contributed by atoms with Gasteiger partial charge in [-0.25, -0.2) is 0 Å². The maximum Gasteiger partial charge on any atom is 0.460 e. The molecule has 3 rings (SSSR count). The van der Waals surface area contributed by atoms with Crippen molar-refractivity contribution >= 4 is 47.1 Å². The summed E-state index contributed by atoms with van der Waals surface area (Å²) < 4.78 is 231. The Morgan fingerprint density at radius 3 is 1.79 bits per heavy atom. The van der Waals surface area contributed by atoms with Crippen molar-refractivity contribution in [2.75, 3.05) is 19.6 Å². The summed E-state index contributed by atoms with van der Waals surface area (Å²) in [4.78, 5) is 68.7. The van der Waals surface area contributed by atoms with Crippen LogP contribution in [0.1, 0.15) is 42.5 Å². The van der Waals surface area contributed by atoms with Crippen LogP contribution in [0.25, 0.3) is 0 Å². The fraction of sp³-hybridized carbons (Fsp3) is 0.512. The van der Waals surface area contributed by atoms with Gasteiger partial charge in [-0.05, 0) is 36.1 Å². The lowest BCUT2D eigenvalue weighted by molar-refractivity contribution is -0.461. The van der Waals surface area contributed by atoms with Gasteiger partial charge in [-0.15, -0.1) is 5.10 Å². The molecule has 34 heteroatoms. The van der Waals surface area contributed by atoms with Crippen LogP contribution in [0.3, 0.4) is 0 Å². The minimum atomic E-state index is -8.77. The van der Waals surface area contributed by atoms with Crippen molar-refractivity contribution in [1.29, 1.82) is 0 Å². The molecular weight excluding hydrogens is 1080 g/mol. The smallest absolute Gasteiger partial charge is 0.370 e. The monoisotopic (exact) mass is 1130 g/mol. The van der Waals surface area contributed by atoms with Crippen LogP contribution in [0.4, 0.5) is 74.6 Å². The quantitative estimate of drug-likeness (QED) is 0.0222. The van der Waals surface area contributed by atoms with E-state index in [9.17, 15) is 98.6 Å². The second kappa shape index (κ2) is 24.8. The van der Waals surface area contributed by atoms with E-state index < -0.39 is 128 Å². The highest BCUT2D eigenvalue weighted by molar-refractivity contribution is 6.30. The van der Waals surface area contributed by atoms with Crippen molar-refractivity contribution in [2.24, 2.45) is 16.5 Å². The van der Waals surface area contributed by atoms with Gasteiger partial charge >= 0.3 is 47.6 Å². The van der Waals surface area contributed by atoms with Gasteiger partial charge in [0.25, 0.3) is 0 Å². The van der Waals surface area contributed by atoms with Crippen molar-refractivity contribution in [2.45, 2.75) is 111 Å². The van der Waals surface area contributed by atoms with Crippen molar-refractivity contribution < 1.29 is 98.6 Å². The Morgan fingerprint density at radius 1 is 0.640 bits per heavy atom. The summed E-state index contributed by atoms with van der Waals surface area (Å²) in [6, 6.07) is 12.4. The zero-order chi connectivity index (χ0) is 57.0. The lowest BCUT2D eigenvalue weighted by atomic mass is 9.88. The summed E-state index contributed by atoms with van der Waals surface area (Å²) in [7, 11) is 0. The molecule has 5 amide bonds. The lowest BCUT2D eigenvalue weighted by Gasteiger charge is -2.42. The summed E-state index contributed by atoms with van der Waals surface area (Å²) in [5.41, 5.74) is 11.9. The molecule has 1 aromatic heterocycles. The first-order valence-electron chi connectivity index (χ1n) is 21.3. The van der Waals surface area contributed by atoms with E-state index >= 15 is 0 Å². The number of hydrogen-bond donors (Lipinski definition) is 7. The normalized spacial score (nSPS) is 13.8. The molecule has 418 valence electrons. The number of alkyl halides is 17. The molecule has 0 saturated carbocycles. The molecule has 1 heterocycles. The number of benzene rings is 2. The molecule has 0 unspecified atom stereocenters. The SMILES string of the molecule is NC(N)=NCCC[C@@H](NC(=O)[C@@H](Cc1ccccc1)NC(=O)Cc1ccc(Cl)cc1)C(=O)NCC(=O)NCc1cn(CCNC(=O)CCC(F)(F)C(F)(F)C(F)(F)C(F)(F)C(F)(F)C(F)(F)C(F)(F)C(F)(F)F)nn1. The molecule has 75 heavy (non-hydrogen) atoms. The van der Waals surface area contributed by atoms with Crippen LogP contribution < -0.4 is 38.1 Å². The highest BCUT2D eigenvalue weighted by Crippen LogP contribution is 2.64. The Kier molecular flexibility index (Phi) is 20.7. The van der Waals surface area contributed by atoms with E-state index in [0.29, 0.717) is 16.1 Å². The largest absolute Gasteiger partial charge is 0.460 e. The number of rotatable bonds is 28. The number of carbonyl (C=O) groups excluding carboxylic acids is 5. The molecule has 0 fully saturated rings. The zero-order valence-electron chi connectivity index (χ0n) is 38.0. The number of guanidine groups is 1. The van der Waals surface area contributed by atoms with Crippen LogP contribution in [-0.2, 0) is 49.9 Å². The van der Waals surface area contributed by atoms with Gasteiger partial charge in [0.1, 0.15) is 17.8 Å². The topological polar surface area (TPSA) is 241 Å². The number of hydrogen-bond acceptors (Lipinski definition) is 8. The average molecular weight is 1130 g/mol. The maximum absolute atomic E-state index is 14.2. The van der Waals surface area contributed by atoms with Crippen LogP contribution in [0, 0.1) is 0 Å². The summed E-state index contributed by atoms with van der Waals surface area (Å²) in [6.07, 6.45) is -11.8. The van der Waals surface area contributed by atoms with E-state index in [0.717, 1.165) is 10.9 Å². The lowest BCUT2D eigenvalue weighted by Crippen LogP contribution is -2.74. The van der Waals surface area contributed by atoms with Crippen molar-refractivity contribution in [1.82, 2.24) is 41.6 Å². The van der Waals surface area contributed by atoms with E-state index in [1.165, 1.54) is 0 Å². The number of nitrogens with two attached hydrogens (primary N) is 2. The molecule has 3 aromatic rings. The summed E-state index contributed by atoms with van der Waals surface area (Å²) >= 11 is 5.92. The van der Waals surface area contributed by atoms with Gasteiger partial charge < -0.3 is 38.1 Å². The average Bonchev–Trinajstić information content (AvgIpc) is 3.77. The van der Waals surface area contributed by atoms with Crippen LogP contribution in [-0.4, -0.2) is 130 Å². The molecule has 0 aliphatic heterocycles. The first-order valence-corrected chi connectivity index (χ1v) is 21.6. The molecule has 0 aliphatic carbocycles. The molecule has 9 N–H and O–H groups in total. The highest BCUT2D eigenvalue weighted by atomic mass is 35.5. The first kappa shape index (κ1) is 62.6. The molecule has 0 radical (unpaired) electrons. The van der Waals surface area contributed by atoms with Gasteiger partial charge in [-0.1, -0.05) is 59.3 Å². The fourth-order valence-corrected chi connectivity index (χ4v) is 6.36.